The molecule has 1 aliphatic rings. The number of nitrogens with one attached hydrogen (secondary N) is 3. The molecule has 9 nitrogen and oxygen atoms in total. The second-order valence-electron chi connectivity index (χ2n) is 6.89. The van der Waals surface area contributed by atoms with E-state index in [0.717, 1.165) is 16.9 Å². The molecule has 0 saturated heterocycles. The summed E-state index contributed by atoms with van der Waals surface area (Å²) in [5.74, 6) is 2.16. The monoisotopic (exact) mass is 416 g/mol. The van der Waals surface area contributed by atoms with E-state index >= 15 is 0 Å². The van der Waals surface area contributed by atoms with Crippen molar-refractivity contribution in [3.05, 3.63) is 42.0 Å². The molecule has 1 unspecified atom stereocenters. The summed E-state index contributed by atoms with van der Waals surface area (Å²) in [5.41, 5.74) is 1.59. The van der Waals surface area contributed by atoms with Gasteiger partial charge in [-0.3, -0.25) is 10.1 Å². The molecular formula is C21H26N3O6+. The first-order valence-electron chi connectivity index (χ1n) is 9.51. The Labute approximate surface area is 174 Å². The number of likely N-dealkylation sites (N-methyl/N-ethyl adjacent to an activating group) is 1. The van der Waals surface area contributed by atoms with E-state index in [-0.39, 0.29) is 19.2 Å². The highest BCUT2D eigenvalue weighted by Crippen LogP contribution is 2.34. The third kappa shape index (κ3) is 5.54. The summed E-state index contributed by atoms with van der Waals surface area (Å²) in [4.78, 5) is 25.2. The molecular weight excluding hydrogens is 390 g/mol. The molecule has 30 heavy (non-hydrogen) atoms. The summed E-state index contributed by atoms with van der Waals surface area (Å²) in [6, 6.07) is 10.2. The number of carbonyl (C=O) groups excluding carboxylic acids is 2. The SMILES string of the molecule is COc1ccc(CC[NH+](C)CC(=O)NC(=O)Nc2ccc3c(c2)OCO3)cc1OC. The maximum atomic E-state index is 12.2. The second kappa shape index (κ2) is 9.84. The number of quaternary nitrogens is 1. The van der Waals surface area contributed by atoms with Crippen LogP contribution in [0.5, 0.6) is 23.0 Å². The molecule has 1 aliphatic heterocycles. The highest BCUT2D eigenvalue weighted by Gasteiger charge is 2.16. The van der Waals surface area contributed by atoms with E-state index in [1.54, 1.807) is 32.4 Å². The smallest absolute Gasteiger partial charge is 0.326 e. The number of carbonyl (C=O) groups is 2. The van der Waals surface area contributed by atoms with Gasteiger partial charge in [-0.05, 0) is 29.8 Å². The molecule has 0 bridgehead atoms. The maximum Gasteiger partial charge on any atom is 0.326 e. The van der Waals surface area contributed by atoms with Gasteiger partial charge in [0.15, 0.2) is 29.5 Å². The number of urea groups is 1. The molecule has 0 radical (unpaired) electrons. The van der Waals surface area contributed by atoms with Crippen LogP contribution >= 0.6 is 0 Å². The molecule has 0 spiro atoms. The summed E-state index contributed by atoms with van der Waals surface area (Å²) in [7, 11) is 5.09. The van der Waals surface area contributed by atoms with E-state index in [0.29, 0.717) is 35.2 Å². The molecule has 0 aliphatic carbocycles. The van der Waals surface area contributed by atoms with Crippen molar-refractivity contribution >= 4 is 17.6 Å². The van der Waals surface area contributed by atoms with Crippen LogP contribution in [0.2, 0.25) is 0 Å². The fraction of sp³-hybridized carbons (Fsp3) is 0.333. The highest BCUT2D eigenvalue weighted by molar-refractivity contribution is 6.01. The Balaban J connectivity index is 1.43. The highest BCUT2D eigenvalue weighted by atomic mass is 16.7. The van der Waals surface area contributed by atoms with E-state index in [4.69, 9.17) is 18.9 Å². The van der Waals surface area contributed by atoms with Gasteiger partial charge in [-0.15, -0.1) is 0 Å². The number of anilines is 1. The van der Waals surface area contributed by atoms with Gasteiger partial charge in [0.25, 0.3) is 5.91 Å². The first-order chi connectivity index (χ1) is 14.5. The van der Waals surface area contributed by atoms with Gasteiger partial charge in [0.1, 0.15) is 0 Å². The Kier molecular flexibility index (Phi) is 6.97. The molecule has 1 atom stereocenters. The number of amides is 3. The quantitative estimate of drug-likeness (QED) is 0.590. The van der Waals surface area contributed by atoms with Crippen molar-refractivity contribution in [3.8, 4) is 23.0 Å². The van der Waals surface area contributed by atoms with E-state index in [1.165, 1.54) is 0 Å². The molecule has 0 saturated carbocycles. The van der Waals surface area contributed by atoms with Crippen molar-refractivity contribution in [2.24, 2.45) is 0 Å². The first-order valence-corrected chi connectivity index (χ1v) is 9.51. The summed E-state index contributed by atoms with van der Waals surface area (Å²) in [6.45, 7) is 1.04. The number of ether oxygens (including phenoxy) is 4. The number of fused-ring (bicyclic) bond motifs is 1. The minimum absolute atomic E-state index is 0.155. The van der Waals surface area contributed by atoms with Gasteiger partial charge in [-0.25, -0.2) is 4.79 Å². The van der Waals surface area contributed by atoms with Crippen LogP contribution in [0, 0.1) is 0 Å². The van der Waals surface area contributed by atoms with Crippen molar-refractivity contribution in [2.75, 3.05) is 46.5 Å². The zero-order valence-corrected chi connectivity index (χ0v) is 17.2. The van der Waals surface area contributed by atoms with Gasteiger partial charge in [-0.2, -0.15) is 0 Å². The average molecular weight is 416 g/mol. The minimum atomic E-state index is -0.591. The molecule has 0 aromatic heterocycles. The Hall–Kier alpha value is -3.46. The molecule has 9 heteroatoms. The lowest BCUT2D eigenvalue weighted by Gasteiger charge is -2.15. The Morgan fingerprint density at radius 2 is 1.80 bits per heavy atom. The maximum absolute atomic E-state index is 12.2. The first kappa shape index (κ1) is 21.3. The average Bonchev–Trinajstić information content (AvgIpc) is 3.19. The Bertz CT molecular complexity index is 918. The number of benzene rings is 2. The van der Waals surface area contributed by atoms with Gasteiger partial charge < -0.3 is 29.2 Å². The fourth-order valence-electron chi connectivity index (χ4n) is 3.06. The number of hydrogen-bond acceptors (Lipinski definition) is 6. The number of hydrogen-bond donors (Lipinski definition) is 3. The van der Waals surface area contributed by atoms with Crippen LogP contribution in [0.3, 0.4) is 0 Å². The third-order valence-electron chi connectivity index (χ3n) is 4.63. The molecule has 2 aromatic rings. The molecule has 1 heterocycles. The van der Waals surface area contributed by atoms with Crippen LogP contribution in [0.1, 0.15) is 5.56 Å². The van der Waals surface area contributed by atoms with Crippen LogP contribution in [0.25, 0.3) is 0 Å². The Morgan fingerprint density at radius 3 is 2.57 bits per heavy atom. The molecule has 160 valence electrons. The number of imide groups is 1. The van der Waals surface area contributed by atoms with Gasteiger partial charge in [0.2, 0.25) is 6.79 Å². The normalized spacial score (nSPS) is 12.8. The standard InChI is InChI=1S/C21H25N3O6/c1-24(9-8-14-4-6-16(27-2)18(10-14)28-3)12-20(25)23-21(26)22-15-5-7-17-19(11-15)30-13-29-17/h4-7,10-11H,8-9,12-13H2,1-3H3,(H2,22,23,25,26)/p+1. The van der Waals surface area contributed by atoms with Crippen molar-refractivity contribution in [3.63, 3.8) is 0 Å². The number of methoxy groups -OCH3 is 2. The predicted molar refractivity (Wildman–Crippen MR) is 110 cm³/mol. The minimum Gasteiger partial charge on any atom is -0.493 e. The van der Waals surface area contributed by atoms with E-state index in [1.807, 2.05) is 25.2 Å². The number of rotatable bonds is 8. The lowest BCUT2D eigenvalue weighted by Crippen LogP contribution is -3.10. The second-order valence-corrected chi connectivity index (χ2v) is 6.89. The molecule has 0 fully saturated rings. The van der Waals surface area contributed by atoms with E-state index < -0.39 is 6.03 Å². The molecule has 3 N–H and O–H groups in total. The van der Waals surface area contributed by atoms with E-state index in [9.17, 15) is 9.59 Å². The van der Waals surface area contributed by atoms with Crippen LogP contribution in [-0.4, -0.2) is 53.1 Å². The van der Waals surface area contributed by atoms with Gasteiger partial charge >= 0.3 is 6.03 Å². The van der Waals surface area contributed by atoms with Crippen molar-refractivity contribution in [1.82, 2.24) is 5.32 Å². The van der Waals surface area contributed by atoms with Gasteiger partial charge in [-0.1, -0.05) is 6.07 Å². The zero-order valence-electron chi connectivity index (χ0n) is 17.2. The van der Waals surface area contributed by atoms with Gasteiger partial charge in [0, 0.05) is 18.2 Å². The summed E-state index contributed by atoms with van der Waals surface area (Å²) in [6.07, 6.45) is 0.753. The summed E-state index contributed by atoms with van der Waals surface area (Å²) >= 11 is 0. The van der Waals surface area contributed by atoms with Crippen LogP contribution in [0.15, 0.2) is 36.4 Å². The molecule has 2 aromatic carbocycles. The van der Waals surface area contributed by atoms with Gasteiger partial charge in [0.05, 0.1) is 27.8 Å². The fourth-order valence-corrected chi connectivity index (χ4v) is 3.06. The van der Waals surface area contributed by atoms with Crippen molar-refractivity contribution < 1.29 is 33.4 Å². The topological polar surface area (TPSA) is 99.6 Å². The molecule has 3 amide bonds. The summed E-state index contributed by atoms with van der Waals surface area (Å²) in [5, 5.41) is 4.96. The van der Waals surface area contributed by atoms with Crippen LogP contribution in [-0.2, 0) is 11.2 Å². The summed E-state index contributed by atoms with van der Waals surface area (Å²) < 4.78 is 21.0. The third-order valence-corrected chi connectivity index (χ3v) is 4.63. The lowest BCUT2D eigenvalue weighted by atomic mass is 10.1. The zero-order chi connectivity index (χ0) is 21.5. The molecule has 3 rings (SSSR count). The van der Waals surface area contributed by atoms with Crippen molar-refractivity contribution in [2.45, 2.75) is 6.42 Å². The van der Waals surface area contributed by atoms with E-state index in [2.05, 4.69) is 10.6 Å². The van der Waals surface area contributed by atoms with Crippen molar-refractivity contribution in [1.29, 1.82) is 0 Å². The Morgan fingerprint density at radius 1 is 1.03 bits per heavy atom. The lowest BCUT2D eigenvalue weighted by molar-refractivity contribution is -0.870. The van der Waals surface area contributed by atoms with Crippen LogP contribution in [0.4, 0.5) is 10.5 Å². The largest absolute Gasteiger partial charge is 0.493 e. The predicted octanol–water partition coefficient (Wildman–Crippen LogP) is 0.838. The van der Waals surface area contributed by atoms with Crippen LogP contribution < -0.4 is 34.5 Å².